The Bertz CT molecular complexity index is 314. The molecule has 0 spiro atoms. The summed E-state index contributed by atoms with van der Waals surface area (Å²) in [6.07, 6.45) is 1.92. The molecule has 0 saturated heterocycles. The van der Waals surface area contributed by atoms with Crippen molar-refractivity contribution >= 4 is 11.8 Å². The molecule has 0 fully saturated rings. The third-order valence-electron chi connectivity index (χ3n) is 2.34. The Kier molecular flexibility index (Phi) is 6.55. The minimum absolute atomic E-state index is 0.239. The van der Waals surface area contributed by atoms with E-state index in [4.69, 9.17) is 5.11 Å². The highest BCUT2D eigenvalue weighted by Gasteiger charge is 2.02. The Morgan fingerprint density at radius 3 is 2.65 bits per heavy atom. The Morgan fingerprint density at radius 2 is 2.12 bits per heavy atom. The Hall–Kier alpha value is -0.580. The van der Waals surface area contributed by atoms with Gasteiger partial charge >= 0.3 is 0 Å². The molecule has 4 heteroatoms. The lowest BCUT2D eigenvalue weighted by atomic mass is 10.2. The fourth-order valence-corrected chi connectivity index (χ4v) is 2.06. The average Bonchev–Trinajstić information content (AvgIpc) is 2.34. The van der Waals surface area contributed by atoms with E-state index in [2.05, 4.69) is 30.2 Å². The summed E-state index contributed by atoms with van der Waals surface area (Å²) in [7, 11) is 0. The van der Waals surface area contributed by atoms with Crippen LogP contribution in [0.5, 0.6) is 0 Å². The lowest BCUT2D eigenvalue weighted by Crippen LogP contribution is -2.21. The predicted octanol–water partition coefficient (Wildman–Crippen LogP) is 2.30. The molecule has 0 aromatic carbocycles. The van der Waals surface area contributed by atoms with E-state index in [0.717, 1.165) is 17.3 Å². The molecule has 0 aliphatic carbocycles. The number of nitrogens with one attached hydrogen (secondary N) is 1. The van der Waals surface area contributed by atoms with Crippen LogP contribution in [0.1, 0.15) is 26.3 Å². The summed E-state index contributed by atoms with van der Waals surface area (Å²) < 4.78 is 0. The number of hydrogen-bond acceptors (Lipinski definition) is 4. The molecule has 0 bridgehead atoms. The van der Waals surface area contributed by atoms with Gasteiger partial charge in [-0.3, -0.25) is 0 Å². The second kappa shape index (κ2) is 7.69. The number of pyridine rings is 1. The van der Waals surface area contributed by atoms with Crippen molar-refractivity contribution in [1.82, 2.24) is 10.3 Å². The van der Waals surface area contributed by atoms with E-state index >= 15 is 0 Å². The van der Waals surface area contributed by atoms with Crippen LogP contribution in [0.25, 0.3) is 0 Å². The van der Waals surface area contributed by atoms with Crippen molar-refractivity contribution in [3.05, 3.63) is 23.9 Å². The van der Waals surface area contributed by atoms with Crippen LogP contribution < -0.4 is 5.32 Å². The first-order chi connectivity index (χ1) is 8.11. The maximum Gasteiger partial charge on any atom is 0.0960 e. The number of aliphatic hydroxyl groups excluding tert-OH is 1. The van der Waals surface area contributed by atoms with Crippen LogP contribution in [-0.4, -0.2) is 28.5 Å². The van der Waals surface area contributed by atoms with E-state index < -0.39 is 0 Å². The molecule has 3 nitrogen and oxygen atoms in total. The monoisotopic (exact) mass is 254 g/mol. The second-order valence-corrected chi connectivity index (χ2v) is 5.68. The molecular weight excluding hydrogens is 232 g/mol. The van der Waals surface area contributed by atoms with Crippen molar-refractivity contribution in [1.29, 1.82) is 0 Å². The van der Waals surface area contributed by atoms with Gasteiger partial charge in [0.2, 0.25) is 0 Å². The van der Waals surface area contributed by atoms with Gasteiger partial charge in [-0.15, -0.1) is 11.8 Å². The highest BCUT2D eigenvalue weighted by atomic mass is 32.2. The van der Waals surface area contributed by atoms with Crippen molar-refractivity contribution in [2.24, 2.45) is 5.92 Å². The summed E-state index contributed by atoms with van der Waals surface area (Å²) in [6.45, 7) is 7.40. The maximum atomic E-state index is 8.94. The van der Waals surface area contributed by atoms with Gasteiger partial charge in [0, 0.05) is 31.1 Å². The van der Waals surface area contributed by atoms with E-state index in [0.29, 0.717) is 12.0 Å². The molecule has 96 valence electrons. The van der Waals surface area contributed by atoms with Gasteiger partial charge in [-0.1, -0.05) is 26.8 Å². The molecule has 1 rings (SSSR count). The normalized spacial score (nSPS) is 13.0. The van der Waals surface area contributed by atoms with Crippen LogP contribution in [0, 0.1) is 5.92 Å². The molecule has 0 amide bonds. The Balaban J connectivity index is 2.39. The molecule has 2 N–H and O–H groups in total. The van der Waals surface area contributed by atoms with Gasteiger partial charge in [-0.2, -0.15) is 0 Å². The number of rotatable bonds is 7. The Morgan fingerprint density at radius 1 is 1.35 bits per heavy atom. The smallest absolute Gasteiger partial charge is 0.0960 e. The van der Waals surface area contributed by atoms with Gasteiger partial charge in [-0.05, 0) is 17.5 Å². The van der Waals surface area contributed by atoms with Crippen LogP contribution in [0.2, 0.25) is 0 Å². The summed E-state index contributed by atoms with van der Waals surface area (Å²) in [5.41, 5.74) is 1.21. The second-order valence-electron chi connectivity index (χ2n) is 4.64. The summed E-state index contributed by atoms with van der Waals surface area (Å²) in [4.78, 5) is 4.40. The van der Waals surface area contributed by atoms with Gasteiger partial charge in [0.05, 0.1) is 5.03 Å². The molecule has 0 saturated carbocycles. The number of thioether (sulfide) groups is 1. The van der Waals surface area contributed by atoms with Crippen LogP contribution in [0.15, 0.2) is 23.4 Å². The molecule has 1 atom stereocenters. The molecule has 1 aromatic heterocycles. The molecular formula is C13H22N2OS. The highest BCUT2D eigenvalue weighted by Crippen LogP contribution is 2.18. The van der Waals surface area contributed by atoms with Gasteiger partial charge in [0.15, 0.2) is 0 Å². The summed E-state index contributed by atoms with van der Waals surface area (Å²) >= 11 is 1.69. The fraction of sp³-hybridized carbons (Fsp3) is 0.615. The fourth-order valence-electron chi connectivity index (χ4n) is 1.20. The first kappa shape index (κ1) is 14.5. The van der Waals surface area contributed by atoms with E-state index in [-0.39, 0.29) is 6.61 Å². The van der Waals surface area contributed by atoms with E-state index in [1.54, 1.807) is 11.8 Å². The standard InChI is InChI=1S/C13H22N2OS/c1-10(2)14-6-12-4-5-13(15-7-12)17-9-11(3)8-16/h4-5,7,10-11,14,16H,6,8-9H2,1-3H3. The molecule has 0 aliphatic rings. The quantitative estimate of drug-likeness (QED) is 0.733. The van der Waals surface area contributed by atoms with Crippen molar-refractivity contribution in [3.63, 3.8) is 0 Å². The Labute approximate surface area is 108 Å². The van der Waals surface area contributed by atoms with Gasteiger partial charge in [-0.25, -0.2) is 4.98 Å². The molecule has 0 radical (unpaired) electrons. The van der Waals surface area contributed by atoms with E-state index in [1.165, 1.54) is 5.56 Å². The maximum absolute atomic E-state index is 8.94. The third kappa shape index (κ3) is 6.05. The van der Waals surface area contributed by atoms with Crippen molar-refractivity contribution in [3.8, 4) is 0 Å². The lowest BCUT2D eigenvalue weighted by molar-refractivity contribution is 0.250. The molecule has 1 aromatic rings. The average molecular weight is 254 g/mol. The van der Waals surface area contributed by atoms with Crippen molar-refractivity contribution < 1.29 is 5.11 Å². The number of nitrogens with zero attached hydrogens (tertiary/aromatic N) is 1. The first-order valence-electron chi connectivity index (χ1n) is 6.03. The van der Waals surface area contributed by atoms with Crippen molar-refractivity contribution in [2.75, 3.05) is 12.4 Å². The van der Waals surface area contributed by atoms with Gasteiger partial charge in [0.25, 0.3) is 0 Å². The van der Waals surface area contributed by atoms with Gasteiger partial charge in [0.1, 0.15) is 0 Å². The first-order valence-corrected chi connectivity index (χ1v) is 7.02. The number of aromatic nitrogens is 1. The molecule has 0 aliphatic heterocycles. The van der Waals surface area contributed by atoms with E-state index in [9.17, 15) is 0 Å². The largest absolute Gasteiger partial charge is 0.396 e. The zero-order chi connectivity index (χ0) is 12.7. The SMILES string of the molecule is CC(CO)CSc1ccc(CNC(C)C)cn1. The number of aliphatic hydroxyl groups is 1. The highest BCUT2D eigenvalue weighted by molar-refractivity contribution is 7.99. The lowest BCUT2D eigenvalue weighted by Gasteiger charge is -2.09. The minimum atomic E-state index is 0.239. The molecule has 1 heterocycles. The van der Waals surface area contributed by atoms with Crippen LogP contribution in [0.3, 0.4) is 0 Å². The topological polar surface area (TPSA) is 45.1 Å². The number of hydrogen-bond donors (Lipinski definition) is 2. The van der Waals surface area contributed by atoms with Crippen LogP contribution in [0.4, 0.5) is 0 Å². The van der Waals surface area contributed by atoms with Crippen LogP contribution >= 0.6 is 11.8 Å². The molecule has 17 heavy (non-hydrogen) atoms. The molecule has 1 unspecified atom stereocenters. The predicted molar refractivity (Wildman–Crippen MR) is 73.2 cm³/mol. The summed E-state index contributed by atoms with van der Waals surface area (Å²) in [6, 6.07) is 4.65. The zero-order valence-corrected chi connectivity index (χ0v) is 11.6. The summed E-state index contributed by atoms with van der Waals surface area (Å²) in [5.74, 6) is 1.23. The summed E-state index contributed by atoms with van der Waals surface area (Å²) in [5, 5.41) is 13.3. The zero-order valence-electron chi connectivity index (χ0n) is 10.8. The van der Waals surface area contributed by atoms with Crippen molar-refractivity contribution in [2.45, 2.75) is 38.4 Å². The minimum Gasteiger partial charge on any atom is -0.396 e. The third-order valence-corrected chi connectivity index (χ3v) is 3.61. The van der Waals surface area contributed by atoms with E-state index in [1.807, 2.05) is 19.2 Å². The van der Waals surface area contributed by atoms with Crippen LogP contribution in [-0.2, 0) is 6.54 Å². The van der Waals surface area contributed by atoms with Gasteiger partial charge < -0.3 is 10.4 Å².